The number of benzene rings is 1. The number of hydrogen-bond acceptors (Lipinski definition) is 4. The zero-order valence-electron chi connectivity index (χ0n) is 8.73. The van der Waals surface area contributed by atoms with Gasteiger partial charge in [0.2, 0.25) is 5.95 Å². The van der Waals surface area contributed by atoms with E-state index in [1.807, 2.05) is 24.5 Å². The molecule has 0 fully saturated rings. The summed E-state index contributed by atoms with van der Waals surface area (Å²) in [4.78, 5) is 4.28. The van der Waals surface area contributed by atoms with Crippen LogP contribution in [0.25, 0.3) is 11.0 Å². The number of hydrogen-bond donors (Lipinski definition) is 3. The molecule has 0 unspecified atom stereocenters. The molecule has 0 aliphatic rings. The van der Waals surface area contributed by atoms with Gasteiger partial charge in [0.25, 0.3) is 0 Å². The Morgan fingerprint density at radius 3 is 2.80 bits per heavy atom. The maximum absolute atomic E-state index is 9.78. The maximum atomic E-state index is 9.78. The van der Waals surface area contributed by atoms with Crippen molar-refractivity contribution in [1.29, 1.82) is 0 Å². The van der Waals surface area contributed by atoms with E-state index in [0.717, 1.165) is 5.52 Å². The first kappa shape index (κ1) is 9.79. The van der Waals surface area contributed by atoms with Crippen LogP contribution in [0, 0.1) is 0 Å². The average Bonchev–Trinajstić information content (AvgIpc) is 2.57. The molecule has 2 aromatic rings. The van der Waals surface area contributed by atoms with Crippen LogP contribution in [0.4, 0.5) is 5.95 Å². The van der Waals surface area contributed by atoms with Crippen LogP contribution in [0.15, 0.2) is 18.2 Å². The summed E-state index contributed by atoms with van der Waals surface area (Å²) < 4.78 is 1.87. The second-order valence-electron chi connectivity index (χ2n) is 3.69. The molecule has 2 rings (SSSR count). The van der Waals surface area contributed by atoms with Crippen molar-refractivity contribution in [3.8, 4) is 5.75 Å². The van der Waals surface area contributed by atoms with Gasteiger partial charge >= 0.3 is 0 Å². The van der Waals surface area contributed by atoms with Gasteiger partial charge in [0.15, 0.2) is 0 Å². The predicted octanol–water partition coefficient (Wildman–Crippen LogP) is 1.61. The average molecular weight is 206 g/mol. The molecule has 0 aliphatic heterocycles. The molecular formula is C10H14N4O. The Morgan fingerprint density at radius 2 is 2.20 bits per heavy atom. The number of imidazole rings is 1. The second kappa shape index (κ2) is 3.43. The minimum Gasteiger partial charge on any atom is -0.506 e. The van der Waals surface area contributed by atoms with E-state index >= 15 is 0 Å². The zero-order valence-corrected chi connectivity index (χ0v) is 8.73. The fourth-order valence-corrected chi connectivity index (χ4v) is 1.73. The van der Waals surface area contributed by atoms with E-state index in [9.17, 15) is 5.11 Å². The summed E-state index contributed by atoms with van der Waals surface area (Å²) >= 11 is 0. The van der Waals surface area contributed by atoms with Gasteiger partial charge in [-0.25, -0.2) is 10.8 Å². The van der Waals surface area contributed by atoms with E-state index in [4.69, 9.17) is 5.84 Å². The topological polar surface area (TPSA) is 76.1 Å². The molecule has 0 amide bonds. The summed E-state index contributed by atoms with van der Waals surface area (Å²) in [6.07, 6.45) is 0. The molecule has 0 saturated heterocycles. The van der Waals surface area contributed by atoms with Crippen LogP contribution in [0.2, 0.25) is 0 Å². The smallest absolute Gasteiger partial charge is 0.218 e. The first-order valence-corrected chi connectivity index (χ1v) is 4.81. The number of nitrogen functional groups attached to an aromatic ring is 1. The van der Waals surface area contributed by atoms with Crippen LogP contribution < -0.4 is 11.3 Å². The molecule has 15 heavy (non-hydrogen) atoms. The van der Waals surface area contributed by atoms with Crippen LogP contribution in [-0.4, -0.2) is 14.7 Å². The Bertz CT molecular complexity index is 489. The van der Waals surface area contributed by atoms with Crippen LogP contribution >= 0.6 is 0 Å². The molecule has 0 spiro atoms. The van der Waals surface area contributed by atoms with Crippen molar-refractivity contribution >= 4 is 17.0 Å². The molecule has 0 radical (unpaired) electrons. The number of aromatic hydroxyl groups is 1. The number of aromatic nitrogens is 2. The third-order valence-electron chi connectivity index (χ3n) is 2.33. The number of phenolic OH excluding ortho intramolecular Hbond substituents is 1. The Balaban J connectivity index is 2.82. The van der Waals surface area contributed by atoms with Crippen LogP contribution in [0.5, 0.6) is 5.75 Å². The van der Waals surface area contributed by atoms with Gasteiger partial charge in [-0.3, -0.25) is 5.43 Å². The largest absolute Gasteiger partial charge is 0.506 e. The number of anilines is 1. The molecule has 1 aromatic heterocycles. The van der Waals surface area contributed by atoms with Crippen molar-refractivity contribution in [3.63, 3.8) is 0 Å². The minimum atomic E-state index is 0.175. The van der Waals surface area contributed by atoms with Crippen LogP contribution in [0.1, 0.15) is 19.9 Å². The molecule has 1 heterocycles. The quantitative estimate of drug-likeness (QED) is 0.515. The van der Waals surface area contributed by atoms with Crippen molar-refractivity contribution in [2.75, 3.05) is 5.43 Å². The lowest BCUT2D eigenvalue weighted by atomic mass is 10.2. The van der Waals surface area contributed by atoms with E-state index in [1.165, 1.54) is 0 Å². The highest BCUT2D eigenvalue weighted by Crippen LogP contribution is 2.30. The number of nitrogens with one attached hydrogen (secondary N) is 1. The number of phenols is 1. The highest BCUT2D eigenvalue weighted by atomic mass is 16.3. The Morgan fingerprint density at radius 1 is 1.47 bits per heavy atom. The van der Waals surface area contributed by atoms with Gasteiger partial charge in [0.05, 0.1) is 5.52 Å². The summed E-state index contributed by atoms with van der Waals surface area (Å²) in [5, 5.41) is 9.78. The number of nitrogens with zero attached hydrogens (tertiary/aromatic N) is 2. The Hall–Kier alpha value is -1.75. The van der Waals surface area contributed by atoms with E-state index in [0.29, 0.717) is 11.5 Å². The van der Waals surface area contributed by atoms with Gasteiger partial charge in [-0.15, -0.1) is 0 Å². The molecule has 0 saturated carbocycles. The SMILES string of the molecule is CC(C)n1c(NN)nc2cccc(O)c21. The van der Waals surface area contributed by atoms with Gasteiger partial charge in [0.1, 0.15) is 11.3 Å². The van der Waals surface area contributed by atoms with Crippen molar-refractivity contribution < 1.29 is 5.11 Å². The number of rotatable bonds is 2. The highest BCUT2D eigenvalue weighted by Gasteiger charge is 2.14. The summed E-state index contributed by atoms with van der Waals surface area (Å²) in [5.74, 6) is 6.16. The predicted molar refractivity (Wildman–Crippen MR) is 59.6 cm³/mol. The first-order valence-electron chi connectivity index (χ1n) is 4.81. The molecule has 5 nitrogen and oxygen atoms in total. The molecule has 4 N–H and O–H groups in total. The summed E-state index contributed by atoms with van der Waals surface area (Å²) in [7, 11) is 0. The fraction of sp³-hybridized carbons (Fsp3) is 0.300. The lowest BCUT2D eigenvalue weighted by molar-refractivity contribution is 0.475. The third kappa shape index (κ3) is 1.41. The van der Waals surface area contributed by atoms with Crippen molar-refractivity contribution in [2.24, 2.45) is 5.84 Å². The van der Waals surface area contributed by atoms with Crippen molar-refractivity contribution in [2.45, 2.75) is 19.9 Å². The molecule has 0 bridgehead atoms. The van der Waals surface area contributed by atoms with Gasteiger partial charge in [-0.1, -0.05) is 6.07 Å². The number of fused-ring (bicyclic) bond motifs is 1. The second-order valence-corrected chi connectivity index (χ2v) is 3.69. The monoisotopic (exact) mass is 206 g/mol. The van der Waals surface area contributed by atoms with E-state index in [-0.39, 0.29) is 11.8 Å². The Kier molecular flexibility index (Phi) is 2.24. The molecule has 0 aliphatic carbocycles. The van der Waals surface area contributed by atoms with Crippen molar-refractivity contribution in [1.82, 2.24) is 9.55 Å². The Labute approximate surface area is 87.5 Å². The molecule has 80 valence electrons. The van der Waals surface area contributed by atoms with Gasteiger partial charge < -0.3 is 9.67 Å². The van der Waals surface area contributed by atoms with E-state index in [2.05, 4.69) is 10.4 Å². The zero-order chi connectivity index (χ0) is 11.0. The van der Waals surface area contributed by atoms with Gasteiger partial charge in [-0.05, 0) is 26.0 Å². The number of hydrazine groups is 1. The lowest BCUT2D eigenvalue weighted by Crippen LogP contribution is -2.14. The van der Waals surface area contributed by atoms with Gasteiger partial charge in [0, 0.05) is 6.04 Å². The standard InChI is InChI=1S/C10H14N4O/c1-6(2)14-9-7(12-10(14)13-11)4-3-5-8(9)15/h3-6,15H,11H2,1-2H3,(H,12,13). The van der Waals surface area contributed by atoms with Crippen LogP contribution in [-0.2, 0) is 0 Å². The summed E-state index contributed by atoms with van der Waals surface area (Å²) in [6, 6.07) is 5.42. The van der Waals surface area contributed by atoms with E-state index < -0.39 is 0 Å². The van der Waals surface area contributed by atoms with E-state index in [1.54, 1.807) is 12.1 Å². The highest BCUT2D eigenvalue weighted by molar-refractivity contribution is 5.84. The molecule has 1 aromatic carbocycles. The minimum absolute atomic E-state index is 0.175. The number of nitrogens with two attached hydrogens (primary N) is 1. The molecule has 5 heteroatoms. The first-order chi connectivity index (χ1) is 7.15. The molecule has 0 atom stereocenters. The fourth-order valence-electron chi connectivity index (χ4n) is 1.73. The molecular weight excluding hydrogens is 192 g/mol. The lowest BCUT2D eigenvalue weighted by Gasteiger charge is -2.12. The summed E-state index contributed by atoms with van der Waals surface area (Å²) in [5.41, 5.74) is 3.98. The number of para-hydroxylation sites is 1. The normalized spacial score (nSPS) is 11.2. The summed E-state index contributed by atoms with van der Waals surface area (Å²) in [6.45, 7) is 4.02. The third-order valence-corrected chi connectivity index (χ3v) is 2.33. The maximum Gasteiger partial charge on any atom is 0.218 e. The van der Waals surface area contributed by atoms with Gasteiger partial charge in [-0.2, -0.15) is 0 Å². The van der Waals surface area contributed by atoms with Crippen LogP contribution in [0.3, 0.4) is 0 Å². The van der Waals surface area contributed by atoms with Crippen molar-refractivity contribution in [3.05, 3.63) is 18.2 Å².